The van der Waals surface area contributed by atoms with E-state index in [-0.39, 0.29) is 5.75 Å². The Balaban J connectivity index is 1.86. The average molecular weight is 350 g/mol. The molecule has 0 bridgehead atoms. The van der Waals surface area contributed by atoms with Crippen LogP contribution < -0.4 is 9.64 Å². The number of piperidine rings is 1. The zero-order valence-corrected chi connectivity index (χ0v) is 14.7. The third kappa shape index (κ3) is 3.44. The molecule has 0 spiro atoms. The molecule has 2 N–H and O–H groups in total. The van der Waals surface area contributed by atoms with Crippen molar-refractivity contribution in [2.45, 2.75) is 18.4 Å². The van der Waals surface area contributed by atoms with Gasteiger partial charge in [-0.3, -0.25) is 8.99 Å². The van der Waals surface area contributed by atoms with Crippen molar-refractivity contribution in [2.75, 3.05) is 37.1 Å². The Morgan fingerprint density at radius 2 is 2.08 bits per heavy atom. The lowest BCUT2D eigenvalue weighted by molar-refractivity contribution is 0.0389. The first-order valence-corrected chi connectivity index (χ1v) is 9.91. The summed E-state index contributed by atoms with van der Waals surface area (Å²) < 4.78 is 24.7. The summed E-state index contributed by atoms with van der Waals surface area (Å²) in [7, 11) is -1.11. The van der Waals surface area contributed by atoms with E-state index < -0.39 is 15.3 Å². The van der Waals surface area contributed by atoms with Gasteiger partial charge in [0.25, 0.3) is 0 Å². The van der Waals surface area contributed by atoms with E-state index in [9.17, 15) is 9.32 Å². The van der Waals surface area contributed by atoms with E-state index >= 15 is 0 Å². The van der Waals surface area contributed by atoms with Gasteiger partial charge in [0.2, 0.25) is 0 Å². The molecule has 1 aromatic heterocycles. The highest BCUT2D eigenvalue weighted by atomic mass is 32.2. The number of hydrogen-bond acceptors (Lipinski definition) is 7. The van der Waals surface area contributed by atoms with E-state index in [0.717, 1.165) is 16.7 Å². The number of fused-ring (bicyclic) bond motifs is 1. The van der Waals surface area contributed by atoms with Crippen LogP contribution in [0, 0.1) is 4.78 Å². The molecule has 130 valence electrons. The van der Waals surface area contributed by atoms with Gasteiger partial charge in [-0.25, -0.2) is 9.97 Å². The molecule has 8 heteroatoms. The second-order valence-electron chi connectivity index (χ2n) is 6.41. The fraction of sp³-hybridized carbons (Fsp3) is 0.500. The number of hydrogen-bond donors (Lipinski definition) is 2. The molecule has 1 atom stereocenters. The van der Waals surface area contributed by atoms with Gasteiger partial charge in [-0.1, -0.05) is 6.07 Å². The number of para-hydroxylation sites is 1. The van der Waals surface area contributed by atoms with Crippen LogP contribution in [0.2, 0.25) is 0 Å². The molecule has 1 aliphatic heterocycles. The lowest BCUT2D eigenvalue weighted by Crippen LogP contribution is -2.48. The minimum absolute atomic E-state index is 0.0200. The molecule has 2 aromatic rings. The van der Waals surface area contributed by atoms with Crippen LogP contribution in [-0.4, -0.2) is 57.1 Å². The van der Waals surface area contributed by atoms with Crippen molar-refractivity contribution in [1.82, 2.24) is 9.97 Å². The topological polar surface area (TPSA) is 99.4 Å². The molecule has 0 saturated carbocycles. The summed E-state index contributed by atoms with van der Waals surface area (Å²) >= 11 is 0. The number of nitrogens with zero attached hydrogens (tertiary/aromatic N) is 3. The lowest BCUT2D eigenvalue weighted by atomic mass is 9.93. The van der Waals surface area contributed by atoms with Gasteiger partial charge in [0, 0.05) is 34.5 Å². The van der Waals surface area contributed by atoms with Crippen LogP contribution in [0.15, 0.2) is 24.5 Å². The van der Waals surface area contributed by atoms with Crippen molar-refractivity contribution in [3.63, 3.8) is 0 Å². The molecule has 1 aliphatic rings. The van der Waals surface area contributed by atoms with Crippen LogP contribution in [0.4, 0.5) is 5.82 Å². The van der Waals surface area contributed by atoms with Gasteiger partial charge in [-0.05, 0) is 25.0 Å². The van der Waals surface area contributed by atoms with Gasteiger partial charge in [0.1, 0.15) is 23.4 Å². The molecule has 2 heterocycles. The second kappa shape index (κ2) is 6.18. The van der Waals surface area contributed by atoms with Crippen LogP contribution in [0.1, 0.15) is 12.8 Å². The van der Waals surface area contributed by atoms with E-state index in [0.29, 0.717) is 31.7 Å². The minimum atomic E-state index is -2.72. The molecular weight excluding hydrogens is 328 g/mol. The molecule has 1 saturated heterocycles. The summed E-state index contributed by atoms with van der Waals surface area (Å²) in [5.41, 5.74) is -0.279. The van der Waals surface area contributed by atoms with Gasteiger partial charge < -0.3 is 14.7 Å². The van der Waals surface area contributed by atoms with Gasteiger partial charge in [-0.2, -0.15) is 0 Å². The van der Waals surface area contributed by atoms with E-state index in [1.807, 2.05) is 18.2 Å². The number of nitrogens with one attached hydrogen (secondary N) is 1. The van der Waals surface area contributed by atoms with Gasteiger partial charge in [0.15, 0.2) is 0 Å². The molecule has 3 rings (SSSR count). The number of rotatable bonds is 4. The fourth-order valence-electron chi connectivity index (χ4n) is 3.26. The Bertz CT molecular complexity index is 846. The van der Waals surface area contributed by atoms with E-state index in [1.54, 1.807) is 7.11 Å². The van der Waals surface area contributed by atoms with E-state index in [4.69, 9.17) is 9.52 Å². The smallest absolute Gasteiger partial charge is 0.145 e. The average Bonchev–Trinajstić information content (AvgIpc) is 2.52. The summed E-state index contributed by atoms with van der Waals surface area (Å²) in [6.45, 7) is 1.19. The third-order valence-corrected chi connectivity index (χ3v) is 5.45. The number of anilines is 1. The maximum absolute atomic E-state index is 11.7. The number of aliphatic hydroxyl groups is 1. The summed E-state index contributed by atoms with van der Waals surface area (Å²) in [6, 6.07) is 5.72. The lowest BCUT2D eigenvalue weighted by Gasteiger charge is -2.39. The zero-order valence-electron chi connectivity index (χ0n) is 13.9. The summed E-state index contributed by atoms with van der Waals surface area (Å²) in [5, 5.41) is 11.5. The molecule has 0 radical (unpaired) electrons. The first-order chi connectivity index (χ1) is 11.3. The molecule has 0 aliphatic carbocycles. The second-order valence-corrected chi connectivity index (χ2v) is 8.71. The van der Waals surface area contributed by atoms with Crippen molar-refractivity contribution in [3.05, 3.63) is 24.5 Å². The van der Waals surface area contributed by atoms with Crippen molar-refractivity contribution in [1.29, 1.82) is 4.78 Å². The molecule has 0 amide bonds. The highest BCUT2D eigenvalue weighted by Gasteiger charge is 2.35. The van der Waals surface area contributed by atoms with Gasteiger partial charge in [-0.15, -0.1) is 0 Å². The molecule has 7 nitrogen and oxygen atoms in total. The van der Waals surface area contributed by atoms with E-state index in [1.165, 1.54) is 12.6 Å². The summed E-state index contributed by atoms with van der Waals surface area (Å²) in [6.07, 6.45) is 3.82. The fourth-order valence-corrected chi connectivity index (χ4v) is 4.57. The van der Waals surface area contributed by atoms with Gasteiger partial charge >= 0.3 is 0 Å². The van der Waals surface area contributed by atoms with Crippen LogP contribution in [0.5, 0.6) is 5.75 Å². The van der Waals surface area contributed by atoms with Crippen molar-refractivity contribution < 1.29 is 14.1 Å². The standard InChI is InChI=1S/C16H22N4O3S/c1-23-13-5-3-4-12-14(13)18-11-19-15(12)20-8-6-16(21,7-9-20)10-24(2,17)22/h3-5,11,17,21H,6-10H2,1-2H3/t24-/m0/s1. The van der Waals surface area contributed by atoms with Crippen molar-refractivity contribution in [2.24, 2.45) is 0 Å². The first kappa shape index (κ1) is 16.9. The molecule has 1 fully saturated rings. The van der Waals surface area contributed by atoms with Crippen LogP contribution in [0.25, 0.3) is 10.9 Å². The SMILES string of the molecule is COc1cccc2c(N3CCC(O)(C[S@@](C)(=N)=O)CC3)ncnc12. The Morgan fingerprint density at radius 1 is 1.38 bits per heavy atom. The normalized spacial score (nSPS) is 19.9. The third-order valence-electron chi connectivity index (χ3n) is 4.36. The predicted octanol–water partition coefficient (Wildman–Crippen LogP) is 1.65. The van der Waals surface area contributed by atoms with Gasteiger partial charge in [0.05, 0.1) is 18.5 Å². The number of methoxy groups -OCH3 is 1. The Labute approximate surface area is 141 Å². The Hall–Kier alpha value is -1.93. The predicted molar refractivity (Wildman–Crippen MR) is 94.1 cm³/mol. The molecule has 24 heavy (non-hydrogen) atoms. The van der Waals surface area contributed by atoms with E-state index in [2.05, 4.69) is 14.9 Å². The number of benzene rings is 1. The molecular formula is C16H22N4O3S. The minimum Gasteiger partial charge on any atom is -0.494 e. The maximum Gasteiger partial charge on any atom is 0.145 e. The largest absolute Gasteiger partial charge is 0.494 e. The van der Waals surface area contributed by atoms with Crippen molar-refractivity contribution in [3.8, 4) is 5.75 Å². The van der Waals surface area contributed by atoms with Crippen molar-refractivity contribution >= 4 is 26.4 Å². The number of aromatic nitrogens is 2. The quantitative estimate of drug-likeness (QED) is 0.870. The Kier molecular flexibility index (Phi) is 4.35. The highest BCUT2D eigenvalue weighted by molar-refractivity contribution is 7.91. The molecule has 0 unspecified atom stereocenters. The van der Waals surface area contributed by atoms with Crippen LogP contribution in [0.3, 0.4) is 0 Å². The Morgan fingerprint density at radius 3 is 2.71 bits per heavy atom. The monoisotopic (exact) mass is 350 g/mol. The zero-order chi connectivity index (χ0) is 17.4. The summed E-state index contributed by atoms with van der Waals surface area (Å²) in [5.74, 6) is 1.53. The first-order valence-electron chi connectivity index (χ1n) is 7.78. The number of ether oxygens (including phenoxy) is 1. The molecule has 1 aromatic carbocycles. The highest BCUT2D eigenvalue weighted by Crippen LogP contribution is 2.32. The summed E-state index contributed by atoms with van der Waals surface area (Å²) in [4.78, 5) is 10.8. The maximum atomic E-state index is 11.7. The van der Waals surface area contributed by atoms with Crippen LogP contribution >= 0.6 is 0 Å². The van der Waals surface area contributed by atoms with Crippen LogP contribution in [-0.2, 0) is 9.73 Å².